The number of nitrogen functional groups attached to an aromatic ring is 2. The molecule has 25 nitrogen and oxygen atoms in total. The number of hydrogen-bond acceptors (Lipinski definition) is 21. The fourth-order valence-corrected chi connectivity index (χ4v) is 25.0. The van der Waals surface area contributed by atoms with Crippen molar-refractivity contribution >= 4 is 320 Å². The minimum Gasteiger partial charge on any atom is -0.384 e. The highest BCUT2D eigenvalue weighted by Crippen LogP contribution is 2.42. The molecule has 140 heavy (non-hydrogen) atoms. The number of halogens is 14. The van der Waals surface area contributed by atoms with Gasteiger partial charge in [0.25, 0.3) is 40.1 Å². The summed E-state index contributed by atoms with van der Waals surface area (Å²) in [6.07, 6.45) is 34.1. The first kappa shape index (κ1) is 120. The van der Waals surface area contributed by atoms with Crippen molar-refractivity contribution in [1.82, 2.24) is 41.8 Å². The molecule has 756 valence electrons. The van der Waals surface area contributed by atoms with E-state index in [4.69, 9.17) is 81.5 Å². The molecule has 3 aliphatic carbocycles. The van der Waals surface area contributed by atoms with Gasteiger partial charge in [0.05, 0.1) is 85.0 Å². The van der Waals surface area contributed by atoms with E-state index in [1.54, 1.807) is 125 Å². The third-order valence-corrected chi connectivity index (χ3v) is 38.0. The van der Waals surface area contributed by atoms with E-state index in [1.165, 1.54) is 37.2 Å². The molecule has 3 fully saturated rings. The highest BCUT2D eigenvalue weighted by Gasteiger charge is 2.32. The molecular formula is C97H113Br6Cl5I3N17O8S4. The van der Waals surface area contributed by atoms with Crippen molar-refractivity contribution in [2.45, 2.75) is 241 Å². The number of nitrogens with one attached hydrogen (secondary N) is 3. The molecule has 0 aliphatic heterocycles. The molecule has 9 aromatic heterocycles. The lowest BCUT2D eigenvalue weighted by atomic mass is 9.87. The zero-order chi connectivity index (χ0) is 103. The number of hydrogen-bond donors (Lipinski definition) is 8. The number of fused-ring (bicyclic) bond motifs is 3. The number of pyridine rings is 6. The first-order chi connectivity index (χ1) is 66.3. The summed E-state index contributed by atoms with van der Waals surface area (Å²) in [7, 11) is -10.3. The molecule has 0 radical (unpaired) electrons. The summed E-state index contributed by atoms with van der Waals surface area (Å²) in [5, 5.41) is 11.7. The van der Waals surface area contributed by atoms with Gasteiger partial charge in [-0.05, 0) is 353 Å². The molecule has 3 saturated carbocycles. The molecule has 0 atom stereocenters. The first-order valence-electron chi connectivity index (χ1n) is 44.8. The van der Waals surface area contributed by atoms with E-state index >= 15 is 0 Å². The van der Waals surface area contributed by atoms with Crippen molar-refractivity contribution in [1.29, 1.82) is 0 Å². The number of rotatable bonds is 20. The van der Waals surface area contributed by atoms with Crippen molar-refractivity contribution in [3.05, 3.63) is 252 Å². The first-order valence-corrected chi connectivity index (χ1v) is 61.7. The molecule has 3 aliphatic rings. The van der Waals surface area contributed by atoms with Gasteiger partial charge >= 0.3 is 0 Å². The number of aryl methyl sites for hydroxylation is 7. The Bertz CT molecular complexity index is 6660. The summed E-state index contributed by atoms with van der Waals surface area (Å²) in [6, 6.07) is 36.6. The van der Waals surface area contributed by atoms with Gasteiger partial charge in [-0.25, -0.2) is 75.5 Å². The second-order valence-electron chi connectivity index (χ2n) is 33.6. The number of anilines is 5. The average molecular weight is 2810 g/mol. The Balaban J connectivity index is 0.000000207. The summed E-state index contributed by atoms with van der Waals surface area (Å²) >= 11 is 49.7. The van der Waals surface area contributed by atoms with Crippen LogP contribution >= 0.6 is 218 Å². The highest BCUT2D eigenvalue weighted by atomic mass is 127. The summed E-state index contributed by atoms with van der Waals surface area (Å²) in [5.41, 5.74) is 37.5. The van der Waals surface area contributed by atoms with Gasteiger partial charge in [-0.3, -0.25) is 4.72 Å². The fraction of sp³-hybridized carbons (Fsp3) is 0.361. The normalized spacial score (nSPS) is 16.2. The smallest absolute Gasteiger partial charge is 0.269 e. The predicted octanol–water partition coefficient (Wildman–Crippen LogP) is 28.4. The number of sulfonamides is 1. The number of terminal acetylenes is 1. The maximum Gasteiger partial charge on any atom is 0.269 e. The Kier molecular flexibility index (Phi) is 49.1. The standard InChI is InChI=1S/C24H30BrN3O2S.C23H29BrN4O2S.C17H16BrClN2O2S.C12H9BrClIN2O2S.C6H14N2.C5H3BrClIN2.C5H4BrClN2.C5H8.ClI/c1-4-5-19-14-21-23(27-18-10-6-16(2)7-11-18)22(25)15-26-24(21)28(19)31(29,30)20-12-8-17(3)9-13-20;1-3-4-18-13-20-22(27-17-9-7-16(25)8-10-17)21(24)14-26-23(20)28(18)31(29,30)19-11-5-15(2)6-12-19;1-3-4-12-9-14-16(19)15(18)10-20-17(14)21(12)24(22,23)13-7-5-11(2)6-8-13;1-7-2-4-8(5-3-7)20(18,19)17-12-11(15)10(14)9(13)6-16-12;7-5-1-2-6(8)4-3-5;6-2-1-10-5(9)4(8)3(2)7;6-3-2-9-5(8)1-4(3)7;1-3-5-4-2;1-2/h8-9,12-16,18H,4-7,10-11H2,1-3H3,(H,26,27);5-6,11-14,16-17H,3-4,7-10,25H2,1-2H3,(H,26,27);5-10H,3-4H2,1-2H3;2-6H,1H3,(H,16,17);5-6H,1-4,7-8H2;1H,(H2,9,10);1-2H,(H2,8,9);1H,4-5H2,2H3;. The Hall–Kier alpha value is -4.84. The van der Waals surface area contributed by atoms with E-state index in [0.29, 0.717) is 116 Å². The van der Waals surface area contributed by atoms with E-state index in [-0.39, 0.29) is 31.4 Å². The number of benzene rings is 4. The molecule has 0 unspecified atom stereocenters. The minimum absolute atomic E-state index is 0.180. The van der Waals surface area contributed by atoms with Crippen LogP contribution in [0.2, 0.25) is 20.1 Å². The topological polar surface area (TPSA) is 395 Å². The Morgan fingerprint density at radius 1 is 0.414 bits per heavy atom. The average Bonchev–Trinajstić information content (AvgIpc) is 1.60. The monoisotopic (exact) mass is 2800 g/mol. The quantitative estimate of drug-likeness (QED) is 0.0259. The van der Waals surface area contributed by atoms with Gasteiger partial charge in [0.1, 0.15) is 11.6 Å². The van der Waals surface area contributed by atoms with Crippen LogP contribution in [0, 0.1) is 53.1 Å². The van der Waals surface area contributed by atoms with Gasteiger partial charge < -0.3 is 39.3 Å². The van der Waals surface area contributed by atoms with E-state index < -0.39 is 40.1 Å². The zero-order valence-electron chi connectivity index (χ0n) is 78.3. The second kappa shape index (κ2) is 57.1. The number of aromatic nitrogens is 9. The van der Waals surface area contributed by atoms with Gasteiger partial charge in [-0.2, -0.15) is 0 Å². The van der Waals surface area contributed by atoms with Crippen LogP contribution in [0.5, 0.6) is 0 Å². The van der Waals surface area contributed by atoms with Crippen molar-refractivity contribution in [2.75, 3.05) is 26.8 Å². The van der Waals surface area contributed by atoms with Gasteiger partial charge in [-0.15, -0.1) is 12.3 Å². The Morgan fingerprint density at radius 2 is 0.729 bits per heavy atom. The van der Waals surface area contributed by atoms with Crippen molar-refractivity contribution in [3.63, 3.8) is 0 Å². The molecular weight excluding hydrogens is 2700 g/mol. The van der Waals surface area contributed by atoms with Gasteiger partial charge in [-0.1, -0.05) is 171 Å². The van der Waals surface area contributed by atoms with Crippen LogP contribution in [0.15, 0.2) is 205 Å². The third kappa shape index (κ3) is 33.1. The lowest BCUT2D eigenvalue weighted by Gasteiger charge is -2.28. The lowest BCUT2D eigenvalue weighted by Crippen LogP contribution is -2.33. The molecule has 13 aromatic rings. The van der Waals surface area contributed by atoms with Crippen LogP contribution in [0.1, 0.15) is 183 Å². The zero-order valence-corrected chi connectivity index (χ0v) is 101. The van der Waals surface area contributed by atoms with Crippen LogP contribution in [0.3, 0.4) is 0 Å². The molecule has 0 bridgehead atoms. The lowest BCUT2D eigenvalue weighted by molar-refractivity contribution is 0.361. The molecule has 4 aromatic carbocycles. The van der Waals surface area contributed by atoms with Crippen LogP contribution < -0.4 is 44.0 Å². The van der Waals surface area contributed by atoms with Gasteiger partial charge in [0.2, 0.25) is 0 Å². The minimum atomic E-state index is -3.77. The summed E-state index contributed by atoms with van der Waals surface area (Å²) < 4.78 is 118. The van der Waals surface area contributed by atoms with E-state index in [9.17, 15) is 33.7 Å². The molecule has 0 amide bonds. The van der Waals surface area contributed by atoms with E-state index in [2.05, 4.69) is 176 Å². The van der Waals surface area contributed by atoms with Crippen LogP contribution in [-0.2, 0) is 59.4 Å². The summed E-state index contributed by atoms with van der Waals surface area (Å²) in [6.45, 7) is 18.2. The van der Waals surface area contributed by atoms with E-state index in [0.717, 1.165) is 179 Å². The van der Waals surface area contributed by atoms with E-state index in [1.807, 2.05) is 129 Å². The van der Waals surface area contributed by atoms with Crippen LogP contribution in [0.4, 0.5) is 28.8 Å². The fourth-order valence-electron chi connectivity index (χ4n) is 14.9. The Labute approximate surface area is 938 Å². The number of nitrogens with two attached hydrogens (primary N) is 5. The van der Waals surface area contributed by atoms with Crippen molar-refractivity contribution in [2.24, 2.45) is 23.1 Å². The maximum absolute atomic E-state index is 13.6. The highest BCUT2D eigenvalue weighted by molar-refractivity contribution is 14.1. The molecule has 0 spiro atoms. The number of nitrogens with zero attached hydrogens (tertiary/aromatic N) is 9. The summed E-state index contributed by atoms with van der Waals surface area (Å²) in [5.74, 6) is 4.40. The molecule has 9 heterocycles. The predicted molar refractivity (Wildman–Crippen MR) is 625 cm³/mol. The van der Waals surface area contributed by atoms with Gasteiger partial charge in [0, 0.05) is 135 Å². The van der Waals surface area contributed by atoms with Crippen LogP contribution in [0.25, 0.3) is 33.1 Å². The molecule has 43 heteroatoms. The summed E-state index contributed by atoms with van der Waals surface area (Å²) in [4.78, 5) is 26.1. The number of unbranched alkanes of at least 4 members (excludes halogenated alkanes) is 1. The molecule has 0 saturated heterocycles. The Morgan fingerprint density at radius 3 is 1.07 bits per heavy atom. The molecule has 13 N–H and O–H groups in total. The van der Waals surface area contributed by atoms with Gasteiger partial charge in [0.15, 0.2) is 22.8 Å². The largest absolute Gasteiger partial charge is 0.384 e. The van der Waals surface area contributed by atoms with Crippen LogP contribution in [-0.4, -0.2) is 106 Å². The van der Waals surface area contributed by atoms with Crippen molar-refractivity contribution in [3.8, 4) is 12.3 Å². The SMILES string of the molecule is C#CCCC.CCCc1cc2c(Cl)c(Br)cnc2n1S(=O)(=O)c1ccc(C)cc1.CCCc1cc2c(NC3CCC(C)CC3)c(Br)cnc2n1S(=O)(=O)c1ccc(C)cc1.CCCc1cc2c(NC3CCC(N)CC3)c(Br)cnc2n1S(=O)(=O)c1ccc(C)cc1.Cc1ccc(S(=O)(=O)Nc2ncc(Br)c(Cl)c2I)cc1.ClI.NC1CCC(N)CC1.Nc1cc(Cl)c(Br)cn1.Nc1ncc(Br)c(Cl)c1I. The molecule has 16 rings (SSSR count). The maximum atomic E-state index is 13.6. The third-order valence-electron chi connectivity index (χ3n) is 22.5. The van der Waals surface area contributed by atoms with Crippen molar-refractivity contribution < 1.29 is 33.7 Å². The second-order valence-corrected chi connectivity index (χ2v) is 49.5.